The molecule has 7 heteroatoms. The molecule has 138 valence electrons. The van der Waals surface area contributed by atoms with E-state index in [0.717, 1.165) is 28.6 Å². The van der Waals surface area contributed by atoms with Crippen molar-refractivity contribution < 1.29 is 4.79 Å². The van der Waals surface area contributed by atoms with E-state index in [4.69, 9.17) is 5.73 Å². The van der Waals surface area contributed by atoms with Crippen molar-refractivity contribution in [2.75, 3.05) is 11.5 Å². The average molecular weight is 381 g/mol. The SMILES string of the molecule is Cc1sc2nc(SCC(=O)NC(C)CCCC(C)C)nc(N)c2c1C. The van der Waals surface area contributed by atoms with Crippen LogP contribution in [0.5, 0.6) is 0 Å². The highest BCUT2D eigenvalue weighted by Gasteiger charge is 2.14. The number of hydrogen-bond acceptors (Lipinski definition) is 6. The van der Waals surface area contributed by atoms with Crippen LogP contribution in [0.2, 0.25) is 0 Å². The summed E-state index contributed by atoms with van der Waals surface area (Å²) in [5, 5.41) is 4.55. The zero-order chi connectivity index (χ0) is 18.6. The van der Waals surface area contributed by atoms with E-state index in [2.05, 4.69) is 43.0 Å². The van der Waals surface area contributed by atoms with E-state index in [1.54, 1.807) is 11.3 Å². The number of anilines is 1. The minimum absolute atomic E-state index is 0.0165. The topological polar surface area (TPSA) is 80.9 Å². The Kier molecular flexibility index (Phi) is 7.07. The van der Waals surface area contributed by atoms with Crippen LogP contribution < -0.4 is 11.1 Å². The number of thioether (sulfide) groups is 1. The smallest absolute Gasteiger partial charge is 0.230 e. The lowest BCUT2D eigenvalue weighted by atomic mass is 10.0. The van der Waals surface area contributed by atoms with E-state index in [1.165, 1.54) is 23.1 Å². The Hall–Kier alpha value is -1.34. The molecule has 2 aromatic rings. The summed E-state index contributed by atoms with van der Waals surface area (Å²) in [5.74, 6) is 1.53. The maximum Gasteiger partial charge on any atom is 0.230 e. The van der Waals surface area contributed by atoms with Crippen LogP contribution in [-0.2, 0) is 4.79 Å². The number of aryl methyl sites for hydroxylation is 2. The van der Waals surface area contributed by atoms with Crippen molar-refractivity contribution in [3.05, 3.63) is 10.4 Å². The van der Waals surface area contributed by atoms with Gasteiger partial charge in [-0.05, 0) is 38.7 Å². The molecule has 2 heterocycles. The van der Waals surface area contributed by atoms with Gasteiger partial charge in [0.1, 0.15) is 10.6 Å². The lowest BCUT2D eigenvalue weighted by Crippen LogP contribution is -2.33. The second kappa shape index (κ2) is 8.85. The van der Waals surface area contributed by atoms with Crippen LogP contribution in [0.3, 0.4) is 0 Å². The van der Waals surface area contributed by atoms with E-state index in [0.29, 0.717) is 22.6 Å². The van der Waals surface area contributed by atoms with Crippen molar-refractivity contribution in [2.24, 2.45) is 5.92 Å². The molecule has 0 fully saturated rings. The van der Waals surface area contributed by atoms with Crippen LogP contribution in [0.15, 0.2) is 5.16 Å². The zero-order valence-corrected chi connectivity index (χ0v) is 17.3. The number of fused-ring (bicyclic) bond motifs is 1. The van der Waals surface area contributed by atoms with Crippen LogP contribution in [-0.4, -0.2) is 27.7 Å². The number of carbonyl (C=O) groups excluding carboxylic acids is 1. The summed E-state index contributed by atoms with van der Waals surface area (Å²) in [5.41, 5.74) is 7.22. The Morgan fingerprint density at radius 3 is 2.64 bits per heavy atom. The van der Waals surface area contributed by atoms with Crippen molar-refractivity contribution >= 4 is 45.0 Å². The van der Waals surface area contributed by atoms with E-state index in [-0.39, 0.29) is 11.9 Å². The molecule has 1 amide bonds. The maximum absolute atomic E-state index is 12.1. The van der Waals surface area contributed by atoms with Gasteiger partial charge < -0.3 is 11.1 Å². The van der Waals surface area contributed by atoms with Gasteiger partial charge in [0.05, 0.1) is 11.1 Å². The minimum atomic E-state index is 0.0165. The molecular formula is C18H28N4OS2. The fraction of sp³-hybridized carbons (Fsp3) is 0.611. The number of nitrogens with zero attached hydrogens (tertiary/aromatic N) is 2. The fourth-order valence-electron chi connectivity index (χ4n) is 2.68. The molecule has 0 bridgehead atoms. The van der Waals surface area contributed by atoms with Crippen molar-refractivity contribution in [1.29, 1.82) is 0 Å². The van der Waals surface area contributed by atoms with Gasteiger partial charge in [-0.3, -0.25) is 4.79 Å². The predicted molar refractivity (Wildman–Crippen MR) is 108 cm³/mol. The summed E-state index contributed by atoms with van der Waals surface area (Å²) in [6.45, 7) is 10.6. The number of thiophene rings is 1. The molecule has 3 N–H and O–H groups in total. The molecule has 1 atom stereocenters. The van der Waals surface area contributed by atoms with Crippen molar-refractivity contribution in [2.45, 2.75) is 65.1 Å². The van der Waals surface area contributed by atoms with Gasteiger partial charge in [-0.1, -0.05) is 38.5 Å². The minimum Gasteiger partial charge on any atom is -0.383 e. The number of amides is 1. The Labute approximate surface area is 158 Å². The standard InChI is InChI=1S/C18H28N4OS2/c1-10(2)7-6-8-11(3)20-14(23)9-24-18-21-16(19)15-12(4)13(5)25-17(15)22-18/h10-11H,6-9H2,1-5H3,(H,20,23)(H2,19,21,22). The normalized spacial score (nSPS) is 12.7. The number of aromatic nitrogens is 2. The molecule has 2 rings (SSSR count). The molecule has 0 aliphatic carbocycles. The number of nitrogens with one attached hydrogen (secondary N) is 1. The molecule has 25 heavy (non-hydrogen) atoms. The van der Waals surface area contributed by atoms with Gasteiger partial charge in [0.15, 0.2) is 5.16 Å². The van der Waals surface area contributed by atoms with Crippen molar-refractivity contribution in [1.82, 2.24) is 15.3 Å². The lowest BCUT2D eigenvalue weighted by Gasteiger charge is -2.14. The zero-order valence-electron chi connectivity index (χ0n) is 15.7. The van der Waals surface area contributed by atoms with Crippen molar-refractivity contribution in [3.63, 3.8) is 0 Å². The molecule has 5 nitrogen and oxygen atoms in total. The van der Waals surface area contributed by atoms with Gasteiger partial charge in [-0.15, -0.1) is 11.3 Å². The van der Waals surface area contributed by atoms with Gasteiger partial charge in [-0.25, -0.2) is 9.97 Å². The third-order valence-electron chi connectivity index (χ3n) is 4.19. The molecule has 2 aromatic heterocycles. The van der Waals surface area contributed by atoms with E-state index in [1.807, 2.05) is 6.92 Å². The first kappa shape index (κ1) is 20.0. The van der Waals surface area contributed by atoms with Gasteiger partial charge in [0.2, 0.25) is 5.91 Å². The van der Waals surface area contributed by atoms with E-state index >= 15 is 0 Å². The van der Waals surface area contributed by atoms with Gasteiger partial charge in [-0.2, -0.15) is 0 Å². The lowest BCUT2D eigenvalue weighted by molar-refractivity contribution is -0.119. The Morgan fingerprint density at radius 1 is 1.24 bits per heavy atom. The van der Waals surface area contributed by atoms with Crippen LogP contribution in [0.25, 0.3) is 10.2 Å². The molecule has 0 aliphatic heterocycles. The van der Waals surface area contributed by atoms with Gasteiger partial charge in [0, 0.05) is 10.9 Å². The first-order valence-electron chi connectivity index (χ1n) is 8.73. The van der Waals surface area contributed by atoms with Gasteiger partial charge >= 0.3 is 0 Å². The first-order valence-corrected chi connectivity index (χ1v) is 10.5. The second-order valence-electron chi connectivity index (χ2n) is 6.94. The monoisotopic (exact) mass is 380 g/mol. The number of carbonyl (C=O) groups is 1. The van der Waals surface area contributed by atoms with Crippen LogP contribution in [0, 0.1) is 19.8 Å². The Balaban J connectivity index is 1.88. The highest BCUT2D eigenvalue weighted by molar-refractivity contribution is 7.99. The number of rotatable bonds is 8. The van der Waals surface area contributed by atoms with Crippen LogP contribution in [0.4, 0.5) is 5.82 Å². The van der Waals surface area contributed by atoms with Crippen LogP contribution in [0.1, 0.15) is 50.5 Å². The predicted octanol–water partition coefficient (Wildman–Crippen LogP) is 4.31. The molecule has 0 aromatic carbocycles. The van der Waals surface area contributed by atoms with E-state index in [9.17, 15) is 4.79 Å². The average Bonchev–Trinajstić information content (AvgIpc) is 2.80. The number of nitrogen functional groups attached to an aromatic ring is 1. The number of nitrogens with two attached hydrogens (primary N) is 1. The number of hydrogen-bond donors (Lipinski definition) is 2. The molecule has 0 radical (unpaired) electrons. The van der Waals surface area contributed by atoms with Gasteiger partial charge in [0.25, 0.3) is 0 Å². The van der Waals surface area contributed by atoms with Crippen LogP contribution >= 0.6 is 23.1 Å². The van der Waals surface area contributed by atoms with Crippen molar-refractivity contribution in [3.8, 4) is 0 Å². The summed E-state index contributed by atoms with van der Waals surface area (Å²) in [6.07, 6.45) is 3.35. The summed E-state index contributed by atoms with van der Waals surface area (Å²) >= 11 is 2.95. The Morgan fingerprint density at radius 2 is 1.96 bits per heavy atom. The maximum atomic E-state index is 12.1. The molecule has 0 aliphatic rings. The summed E-state index contributed by atoms with van der Waals surface area (Å²) in [4.78, 5) is 23.1. The quantitative estimate of drug-likeness (QED) is 0.527. The first-order chi connectivity index (χ1) is 11.8. The summed E-state index contributed by atoms with van der Waals surface area (Å²) in [7, 11) is 0. The summed E-state index contributed by atoms with van der Waals surface area (Å²) < 4.78 is 0. The molecule has 1 unspecified atom stereocenters. The molecule has 0 saturated carbocycles. The molecule has 0 saturated heterocycles. The molecule has 0 spiro atoms. The third-order valence-corrected chi connectivity index (χ3v) is 6.14. The highest BCUT2D eigenvalue weighted by atomic mass is 32.2. The molecular weight excluding hydrogens is 352 g/mol. The fourth-order valence-corrected chi connectivity index (χ4v) is 4.43. The summed E-state index contributed by atoms with van der Waals surface area (Å²) in [6, 6.07) is 0.197. The Bertz CT molecular complexity index is 742. The highest BCUT2D eigenvalue weighted by Crippen LogP contribution is 2.33. The largest absolute Gasteiger partial charge is 0.383 e. The van der Waals surface area contributed by atoms with E-state index < -0.39 is 0 Å². The second-order valence-corrected chi connectivity index (χ2v) is 9.08. The third kappa shape index (κ3) is 5.57.